The molecule has 4 heteroatoms. The number of nitrogens with zero attached hydrogens (tertiary/aromatic N) is 2. The first-order valence-electron chi connectivity index (χ1n) is 4.52. The van der Waals surface area contributed by atoms with Gasteiger partial charge in [-0.15, -0.1) is 0 Å². The molecule has 1 aromatic heterocycles. The van der Waals surface area contributed by atoms with Crippen molar-refractivity contribution in [3.05, 3.63) is 23.3 Å². The van der Waals surface area contributed by atoms with Crippen LogP contribution in [0.5, 0.6) is 0 Å². The van der Waals surface area contributed by atoms with E-state index in [9.17, 15) is 0 Å². The zero-order valence-corrected chi connectivity index (χ0v) is 9.07. The van der Waals surface area contributed by atoms with E-state index in [-0.39, 0.29) is 6.29 Å². The van der Waals surface area contributed by atoms with Crippen LogP contribution in [0.4, 0.5) is 0 Å². The predicted molar refractivity (Wildman–Crippen MR) is 53.0 cm³/mol. The standard InChI is InChI=1S/C10H16N2O2/c1-7-5-8(2)12-9(11-7)6-10(13-3)14-4/h5,10H,6H2,1-4H3. The van der Waals surface area contributed by atoms with E-state index in [1.54, 1.807) is 14.2 Å². The van der Waals surface area contributed by atoms with Gasteiger partial charge in [-0.05, 0) is 19.9 Å². The minimum Gasteiger partial charge on any atom is -0.355 e. The van der Waals surface area contributed by atoms with E-state index in [1.165, 1.54) is 0 Å². The van der Waals surface area contributed by atoms with Crippen molar-refractivity contribution in [3.63, 3.8) is 0 Å². The summed E-state index contributed by atoms with van der Waals surface area (Å²) in [5.41, 5.74) is 1.94. The van der Waals surface area contributed by atoms with Crippen LogP contribution in [-0.4, -0.2) is 30.5 Å². The first-order chi connectivity index (χ1) is 6.65. The molecule has 4 nitrogen and oxygen atoms in total. The average Bonchev–Trinajstić information content (AvgIpc) is 2.12. The van der Waals surface area contributed by atoms with E-state index in [4.69, 9.17) is 9.47 Å². The maximum absolute atomic E-state index is 5.08. The van der Waals surface area contributed by atoms with E-state index in [0.29, 0.717) is 6.42 Å². The minimum absolute atomic E-state index is 0.267. The predicted octanol–water partition coefficient (Wildman–Crippen LogP) is 1.25. The largest absolute Gasteiger partial charge is 0.355 e. The first-order valence-corrected chi connectivity index (χ1v) is 4.52. The number of rotatable bonds is 4. The molecule has 0 radical (unpaired) electrons. The van der Waals surface area contributed by atoms with Crippen LogP contribution in [0.3, 0.4) is 0 Å². The van der Waals surface area contributed by atoms with Crippen molar-refractivity contribution in [2.24, 2.45) is 0 Å². The highest BCUT2D eigenvalue weighted by atomic mass is 16.7. The molecule has 0 fully saturated rings. The summed E-state index contributed by atoms with van der Waals surface area (Å²) in [4.78, 5) is 8.60. The topological polar surface area (TPSA) is 44.2 Å². The highest BCUT2D eigenvalue weighted by Gasteiger charge is 2.09. The highest BCUT2D eigenvalue weighted by molar-refractivity contribution is 5.08. The molecule has 0 bridgehead atoms. The maximum Gasteiger partial charge on any atom is 0.163 e. The van der Waals surface area contributed by atoms with E-state index in [2.05, 4.69) is 9.97 Å². The van der Waals surface area contributed by atoms with Gasteiger partial charge in [-0.25, -0.2) is 9.97 Å². The Bertz CT molecular complexity index is 278. The monoisotopic (exact) mass is 196 g/mol. The molecule has 0 aliphatic heterocycles. The van der Waals surface area contributed by atoms with Crippen LogP contribution in [0.25, 0.3) is 0 Å². The van der Waals surface area contributed by atoms with Gasteiger partial charge in [0.2, 0.25) is 0 Å². The zero-order valence-electron chi connectivity index (χ0n) is 9.07. The molecular weight excluding hydrogens is 180 g/mol. The lowest BCUT2D eigenvalue weighted by Crippen LogP contribution is -2.18. The van der Waals surface area contributed by atoms with E-state index < -0.39 is 0 Å². The second kappa shape index (κ2) is 5.02. The Labute approximate surface area is 84.3 Å². The third-order valence-electron chi connectivity index (χ3n) is 1.90. The summed E-state index contributed by atoms with van der Waals surface area (Å²) in [5.74, 6) is 0.760. The molecule has 0 N–H and O–H groups in total. The summed E-state index contributed by atoms with van der Waals surface area (Å²) >= 11 is 0. The lowest BCUT2D eigenvalue weighted by atomic mass is 10.3. The van der Waals surface area contributed by atoms with Crippen molar-refractivity contribution < 1.29 is 9.47 Å². The summed E-state index contributed by atoms with van der Waals surface area (Å²) in [6.07, 6.45) is 0.311. The van der Waals surface area contributed by atoms with Crippen LogP contribution < -0.4 is 0 Å². The third kappa shape index (κ3) is 3.05. The molecule has 0 unspecified atom stereocenters. The average molecular weight is 196 g/mol. The lowest BCUT2D eigenvalue weighted by molar-refractivity contribution is -0.101. The summed E-state index contributed by atoms with van der Waals surface area (Å²) in [6, 6.07) is 1.94. The molecule has 0 aliphatic rings. The van der Waals surface area contributed by atoms with Crippen LogP contribution in [-0.2, 0) is 15.9 Å². The Kier molecular flexibility index (Phi) is 3.98. The van der Waals surface area contributed by atoms with Crippen molar-refractivity contribution in [2.75, 3.05) is 14.2 Å². The van der Waals surface area contributed by atoms with Gasteiger partial charge in [0.25, 0.3) is 0 Å². The van der Waals surface area contributed by atoms with Crippen LogP contribution in [0.15, 0.2) is 6.07 Å². The van der Waals surface area contributed by atoms with Gasteiger partial charge < -0.3 is 9.47 Å². The van der Waals surface area contributed by atoms with Gasteiger partial charge in [0.1, 0.15) is 5.82 Å². The van der Waals surface area contributed by atoms with E-state index in [0.717, 1.165) is 17.2 Å². The molecule has 14 heavy (non-hydrogen) atoms. The molecule has 0 atom stereocenters. The molecule has 0 amide bonds. The van der Waals surface area contributed by atoms with Crippen LogP contribution >= 0.6 is 0 Å². The van der Waals surface area contributed by atoms with Gasteiger partial charge >= 0.3 is 0 Å². The molecule has 78 valence electrons. The van der Waals surface area contributed by atoms with Crippen molar-refractivity contribution in [3.8, 4) is 0 Å². The number of hydrogen-bond acceptors (Lipinski definition) is 4. The van der Waals surface area contributed by atoms with Gasteiger partial charge in [0.15, 0.2) is 6.29 Å². The summed E-state index contributed by atoms with van der Waals surface area (Å²) < 4.78 is 10.2. The SMILES string of the molecule is COC(Cc1nc(C)cc(C)n1)OC. The number of aromatic nitrogens is 2. The molecule has 0 aromatic carbocycles. The zero-order chi connectivity index (χ0) is 10.6. The summed E-state index contributed by atoms with van der Waals surface area (Å²) in [6.45, 7) is 3.90. The Morgan fingerprint density at radius 2 is 1.64 bits per heavy atom. The molecule has 1 rings (SSSR count). The smallest absolute Gasteiger partial charge is 0.163 e. The fourth-order valence-electron chi connectivity index (χ4n) is 1.30. The fraction of sp³-hybridized carbons (Fsp3) is 0.600. The van der Waals surface area contributed by atoms with Gasteiger partial charge in [-0.1, -0.05) is 0 Å². The van der Waals surface area contributed by atoms with Gasteiger partial charge in [-0.3, -0.25) is 0 Å². The van der Waals surface area contributed by atoms with Crippen molar-refractivity contribution >= 4 is 0 Å². The second-order valence-electron chi connectivity index (χ2n) is 3.17. The molecule has 1 heterocycles. The Hall–Kier alpha value is -1.00. The van der Waals surface area contributed by atoms with E-state index in [1.807, 2.05) is 19.9 Å². The molecule has 0 saturated heterocycles. The maximum atomic E-state index is 5.08. The molecule has 0 aliphatic carbocycles. The Morgan fingerprint density at radius 1 is 1.14 bits per heavy atom. The first kappa shape index (κ1) is 11.1. The van der Waals surface area contributed by atoms with Gasteiger partial charge in [0, 0.05) is 25.6 Å². The lowest BCUT2D eigenvalue weighted by Gasteiger charge is -2.12. The fourth-order valence-corrected chi connectivity index (χ4v) is 1.30. The van der Waals surface area contributed by atoms with Gasteiger partial charge in [-0.2, -0.15) is 0 Å². The van der Waals surface area contributed by atoms with Crippen LogP contribution in [0, 0.1) is 13.8 Å². The number of aryl methyl sites for hydroxylation is 2. The number of methoxy groups -OCH3 is 2. The Morgan fingerprint density at radius 3 is 2.07 bits per heavy atom. The third-order valence-corrected chi connectivity index (χ3v) is 1.90. The van der Waals surface area contributed by atoms with Crippen molar-refractivity contribution in [1.82, 2.24) is 9.97 Å². The van der Waals surface area contributed by atoms with Crippen LogP contribution in [0.1, 0.15) is 17.2 Å². The van der Waals surface area contributed by atoms with Gasteiger partial charge in [0.05, 0.1) is 6.42 Å². The van der Waals surface area contributed by atoms with Crippen molar-refractivity contribution in [2.45, 2.75) is 26.6 Å². The van der Waals surface area contributed by atoms with Crippen LogP contribution in [0.2, 0.25) is 0 Å². The normalized spacial score (nSPS) is 10.9. The number of ether oxygens (including phenoxy) is 2. The second-order valence-corrected chi connectivity index (χ2v) is 3.17. The summed E-state index contributed by atoms with van der Waals surface area (Å²) in [5, 5.41) is 0. The number of hydrogen-bond donors (Lipinski definition) is 0. The van der Waals surface area contributed by atoms with Crippen molar-refractivity contribution in [1.29, 1.82) is 0 Å². The molecule has 0 spiro atoms. The molecular formula is C10H16N2O2. The Balaban J connectivity index is 2.75. The molecule has 0 saturated carbocycles. The highest BCUT2D eigenvalue weighted by Crippen LogP contribution is 2.04. The summed E-state index contributed by atoms with van der Waals surface area (Å²) in [7, 11) is 3.22. The quantitative estimate of drug-likeness (QED) is 0.680. The minimum atomic E-state index is -0.267. The molecule has 1 aromatic rings. The van der Waals surface area contributed by atoms with E-state index >= 15 is 0 Å².